The minimum atomic E-state index is -4.09. The monoisotopic (exact) mass is 563 g/mol. The first-order valence-electron chi connectivity index (χ1n) is 13.5. The smallest absolute Gasteiger partial charge is 0.264 e. The predicted molar refractivity (Wildman–Crippen MR) is 161 cm³/mol. The Bertz CT molecular complexity index is 1430. The van der Waals surface area contributed by atoms with Gasteiger partial charge in [-0.15, -0.1) is 0 Å². The van der Waals surface area contributed by atoms with Gasteiger partial charge in [0.1, 0.15) is 12.6 Å². The molecule has 8 heteroatoms. The van der Waals surface area contributed by atoms with Gasteiger partial charge in [-0.2, -0.15) is 0 Å². The summed E-state index contributed by atoms with van der Waals surface area (Å²) in [6.45, 7) is 12.9. The second-order valence-corrected chi connectivity index (χ2v) is 13.2. The molecule has 0 heterocycles. The maximum absolute atomic E-state index is 14.0. The molecule has 0 aliphatic rings. The standard InChI is InChI=1S/C32H41N3O4S/c1-23-13-17-29(18-14-23)40(38,39)35(28-16-15-24(2)25(3)21-28)22-30(36)34(20-19-27-11-9-8-10-12-27)26(4)31(37)33-32(5,6)7/h8-18,21,26H,19-20,22H2,1-7H3,(H,33,37)/t26-/m0/s1. The molecule has 7 nitrogen and oxygen atoms in total. The van der Waals surface area contributed by atoms with E-state index in [4.69, 9.17) is 0 Å². The van der Waals surface area contributed by atoms with E-state index >= 15 is 0 Å². The SMILES string of the molecule is Cc1ccc(S(=O)(=O)N(CC(=O)N(CCc2ccccc2)[C@@H](C)C(=O)NC(C)(C)C)c2ccc(C)c(C)c2)cc1. The maximum Gasteiger partial charge on any atom is 0.264 e. The number of nitrogens with one attached hydrogen (secondary N) is 1. The quantitative estimate of drug-likeness (QED) is 0.368. The van der Waals surface area contributed by atoms with Crippen LogP contribution in [0.2, 0.25) is 0 Å². The van der Waals surface area contributed by atoms with E-state index in [9.17, 15) is 18.0 Å². The Morgan fingerprint density at radius 1 is 0.875 bits per heavy atom. The number of aryl methyl sites for hydroxylation is 3. The summed E-state index contributed by atoms with van der Waals surface area (Å²) in [5.74, 6) is -0.755. The Hall–Kier alpha value is -3.65. The van der Waals surface area contributed by atoms with Crippen molar-refractivity contribution in [3.8, 4) is 0 Å². The summed E-state index contributed by atoms with van der Waals surface area (Å²) in [4.78, 5) is 28.7. The molecule has 0 aromatic heterocycles. The van der Waals surface area contributed by atoms with Crippen LogP contribution >= 0.6 is 0 Å². The topological polar surface area (TPSA) is 86.8 Å². The summed E-state index contributed by atoms with van der Waals surface area (Å²) in [6, 6.07) is 20.8. The zero-order chi connectivity index (χ0) is 29.7. The summed E-state index contributed by atoms with van der Waals surface area (Å²) in [5, 5.41) is 2.95. The van der Waals surface area contributed by atoms with Crippen molar-refractivity contribution >= 4 is 27.5 Å². The third kappa shape index (κ3) is 7.94. The highest BCUT2D eigenvalue weighted by Crippen LogP contribution is 2.26. The van der Waals surface area contributed by atoms with Crippen molar-refractivity contribution in [2.75, 3.05) is 17.4 Å². The number of benzene rings is 3. The Labute approximate surface area is 239 Å². The van der Waals surface area contributed by atoms with Crippen LogP contribution in [-0.2, 0) is 26.0 Å². The van der Waals surface area contributed by atoms with Crippen molar-refractivity contribution < 1.29 is 18.0 Å². The first kappa shape index (κ1) is 30.9. The number of carbonyl (C=O) groups excluding carboxylic acids is 2. The van der Waals surface area contributed by atoms with E-state index < -0.39 is 34.1 Å². The molecule has 0 spiro atoms. The molecule has 0 radical (unpaired) electrons. The van der Waals surface area contributed by atoms with E-state index in [0.717, 1.165) is 26.6 Å². The van der Waals surface area contributed by atoms with Crippen LogP contribution in [0.5, 0.6) is 0 Å². The van der Waals surface area contributed by atoms with Crippen molar-refractivity contribution in [2.24, 2.45) is 0 Å². The van der Waals surface area contributed by atoms with Gasteiger partial charge in [-0.1, -0.05) is 54.1 Å². The van der Waals surface area contributed by atoms with Gasteiger partial charge in [-0.05, 0) is 95.8 Å². The summed E-state index contributed by atoms with van der Waals surface area (Å²) in [6.07, 6.45) is 0.522. The van der Waals surface area contributed by atoms with Gasteiger partial charge in [-0.25, -0.2) is 8.42 Å². The molecule has 0 aliphatic carbocycles. The average molecular weight is 564 g/mol. The lowest BCUT2D eigenvalue weighted by molar-refractivity contribution is -0.139. The summed E-state index contributed by atoms with van der Waals surface area (Å²) in [7, 11) is -4.09. The van der Waals surface area contributed by atoms with Crippen LogP contribution in [0.25, 0.3) is 0 Å². The molecule has 0 saturated carbocycles. The van der Waals surface area contributed by atoms with Crippen molar-refractivity contribution in [2.45, 2.75) is 71.4 Å². The Morgan fingerprint density at radius 3 is 2.08 bits per heavy atom. The van der Waals surface area contributed by atoms with Crippen LogP contribution in [0.4, 0.5) is 5.69 Å². The fourth-order valence-corrected chi connectivity index (χ4v) is 5.70. The van der Waals surface area contributed by atoms with E-state index in [2.05, 4.69) is 5.32 Å². The number of anilines is 1. The molecule has 3 aromatic carbocycles. The van der Waals surface area contributed by atoms with E-state index in [1.165, 1.54) is 4.90 Å². The van der Waals surface area contributed by atoms with Crippen LogP contribution in [-0.4, -0.2) is 49.8 Å². The highest BCUT2D eigenvalue weighted by atomic mass is 32.2. The molecule has 0 saturated heterocycles. The van der Waals surface area contributed by atoms with Crippen molar-refractivity contribution in [1.29, 1.82) is 0 Å². The summed E-state index contributed by atoms with van der Waals surface area (Å²) >= 11 is 0. The second kappa shape index (κ2) is 12.7. The lowest BCUT2D eigenvalue weighted by Gasteiger charge is -2.33. The number of hydrogen-bond acceptors (Lipinski definition) is 4. The molecule has 0 bridgehead atoms. The maximum atomic E-state index is 14.0. The molecule has 0 aliphatic heterocycles. The molecule has 3 aromatic rings. The molecule has 40 heavy (non-hydrogen) atoms. The molecule has 0 unspecified atom stereocenters. The van der Waals surface area contributed by atoms with E-state index in [1.54, 1.807) is 43.3 Å². The zero-order valence-corrected chi connectivity index (χ0v) is 25.4. The zero-order valence-electron chi connectivity index (χ0n) is 24.6. The van der Waals surface area contributed by atoms with Gasteiger partial charge in [0.05, 0.1) is 10.6 Å². The van der Waals surface area contributed by atoms with Gasteiger partial charge in [0, 0.05) is 12.1 Å². The van der Waals surface area contributed by atoms with Crippen LogP contribution < -0.4 is 9.62 Å². The number of hydrogen-bond donors (Lipinski definition) is 1. The molecule has 3 rings (SSSR count). The second-order valence-electron chi connectivity index (χ2n) is 11.3. The first-order valence-corrected chi connectivity index (χ1v) is 14.9. The van der Waals surface area contributed by atoms with Crippen LogP contribution in [0, 0.1) is 20.8 Å². The van der Waals surface area contributed by atoms with Gasteiger partial charge >= 0.3 is 0 Å². The van der Waals surface area contributed by atoms with Gasteiger partial charge in [-0.3, -0.25) is 13.9 Å². The Balaban J connectivity index is 2.01. The average Bonchev–Trinajstić information content (AvgIpc) is 2.88. The first-order chi connectivity index (χ1) is 18.7. The highest BCUT2D eigenvalue weighted by molar-refractivity contribution is 7.92. The van der Waals surface area contributed by atoms with E-state index in [1.807, 2.05) is 77.9 Å². The minimum Gasteiger partial charge on any atom is -0.350 e. The number of amides is 2. The molecular formula is C32H41N3O4S. The fourth-order valence-electron chi connectivity index (χ4n) is 4.29. The molecule has 1 atom stereocenters. The number of carbonyl (C=O) groups is 2. The minimum absolute atomic E-state index is 0.0958. The van der Waals surface area contributed by atoms with E-state index in [0.29, 0.717) is 12.1 Å². The molecule has 1 N–H and O–H groups in total. The highest BCUT2D eigenvalue weighted by Gasteiger charge is 2.33. The molecule has 2 amide bonds. The largest absolute Gasteiger partial charge is 0.350 e. The summed E-state index contributed by atoms with van der Waals surface area (Å²) in [5.41, 5.74) is 3.78. The fraction of sp³-hybridized carbons (Fsp3) is 0.375. The Kier molecular flexibility index (Phi) is 9.79. The van der Waals surface area contributed by atoms with Crippen molar-refractivity contribution in [3.05, 3.63) is 95.1 Å². The predicted octanol–water partition coefficient (Wildman–Crippen LogP) is 5.18. The van der Waals surface area contributed by atoms with Crippen molar-refractivity contribution in [1.82, 2.24) is 10.2 Å². The lowest BCUT2D eigenvalue weighted by Crippen LogP contribution is -2.55. The van der Waals surface area contributed by atoms with Crippen LogP contribution in [0.3, 0.4) is 0 Å². The van der Waals surface area contributed by atoms with Gasteiger partial charge < -0.3 is 10.2 Å². The van der Waals surface area contributed by atoms with Gasteiger partial charge in [0.2, 0.25) is 11.8 Å². The van der Waals surface area contributed by atoms with Gasteiger partial charge in [0.15, 0.2) is 0 Å². The molecule has 0 fully saturated rings. The number of nitrogens with zero attached hydrogens (tertiary/aromatic N) is 2. The van der Waals surface area contributed by atoms with E-state index in [-0.39, 0.29) is 17.3 Å². The Morgan fingerprint density at radius 2 is 1.50 bits per heavy atom. The summed E-state index contributed by atoms with van der Waals surface area (Å²) < 4.78 is 29.0. The molecule has 214 valence electrons. The van der Waals surface area contributed by atoms with Crippen molar-refractivity contribution in [3.63, 3.8) is 0 Å². The normalized spacial score (nSPS) is 12.5. The number of rotatable bonds is 10. The van der Waals surface area contributed by atoms with Crippen LogP contribution in [0.1, 0.15) is 49.9 Å². The lowest BCUT2D eigenvalue weighted by atomic mass is 10.1. The molecular weight excluding hydrogens is 522 g/mol. The van der Waals surface area contributed by atoms with Crippen LogP contribution in [0.15, 0.2) is 77.7 Å². The van der Waals surface area contributed by atoms with Gasteiger partial charge in [0.25, 0.3) is 10.0 Å². The number of sulfonamides is 1. The third-order valence-corrected chi connectivity index (χ3v) is 8.60. The third-order valence-electron chi connectivity index (χ3n) is 6.82.